The number of allylic oxidation sites excluding steroid dienone is 1. The Labute approximate surface area is 62.4 Å². The number of nitrogens with zero attached hydrogens (tertiary/aromatic N) is 2. The lowest BCUT2D eigenvalue weighted by molar-refractivity contribution is 0.938. The van der Waals surface area contributed by atoms with Crippen LogP contribution in [0.25, 0.3) is 0 Å². The summed E-state index contributed by atoms with van der Waals surface area (Å²) in [7, 11) is 0. The Morgan fingerprint density at radius 1 is 1.30 bits per heavy atom. The minimum absolute atomic E-state index is 0.891. The van der Waals surface area contributed by atoms with E-state index in [0.29, 0.717) is 0 Å². The van der Waals surface area contributed by atoms with Crippen LogP contribution in [0.3, 0.4) is 0 Å². The normalized spacial score (nSPS) is 12.6. The van der Waals surface area contributed by atoms with E-state index in [0.717, 1.165) is 13.0 Å². The summed E-state index contributed by atoms with van der Waals surface area (Å²) < 4.78 is 0. The van der Waals surface area contributed by atoms with Gasteiger partial charge in [-0.25, -0.2) is 0 Å². The van der Waals surface area contributed by atoms with Crippen molar-refractivity contribution in [3.05, 3.63) is 12.3 Å². The Hall–Kier alpha value is -0.920. The molecule has 0 N–H and O–H groups in total. The van der Waals surface area contributed by atoms with E-state index in [1.165, 1.54) is 0 Å². The van der Waals surface area contributed by atoms with E-state index in [1.54, 1.807) is 18.6 Å². The highest BCUT2D eigenvalue weighted by molar-refractivity contribution is 6.16. The van der Waals surface area contributed by atoms with Crippen LogP contribution in [0.1, 0.15) is 20.3 Å². The summed E-state index contributed by atoms with van der Waals surface area (Å²) in [6.07, 6.45) is 8.12. The van der Waals surface area contributed by atoms with E-state index >= 15 is 0 Å². The lowest BCUT2D eigenvalue weighted by Gasteiger charge is -1.79. The van der Waals surface area contributed by atoms with Crippen molar-refractivity contribution in [2.45, 2.75) is 20.3 Å². The Balaban J connectivity index is 3.32. The van der Waals surface area contributed by atoms with Crippen molar-refractivity contribution in [2.75, 3.05) is 6.54 Å². The van der Waals surface area contributed by atoms with Crippen LogP contribution < -0.4 is 0 Å². The molecule has 0 bridgehead atoms. The van der Waals surface area contributed by atoms with Gasteiger partial charge >= 0.3 is 0 Å². The van der Waals surface area contributed by atoms with Crippen LogP contribution >= 0.6 is 0 Å². The second-order valence-electron chi connectivity index (χ2n) is 1.84. The van der Waals surface area contributed by atoms with Gasteiger partial charge in [0.1, 0.15) is 0 Å². The molecule has 0 radical (unpaired) electrons. The Kier molecular flexibility index (Phi) is 7.34. The van der Waals surface area contributed by atoms with Crippen molar-refractivity contribution in [1.29, 1.82) is 0 Å². The molecule has 0 aromatic heterocycles. The maximum Gasteiger partial charge on any atom is 0.0446 e. The van der Waals surface area contributed by atoms with Gasteiger partial charge in [0.15, 0.2) is 0 Å². The molecule has 0 atom stereocenters. The van der Waals surface area contributed by atoms with Crippen LogP contribution in [-0.4, -0.2) is 19.0 Å². The summed E-state index contributed by atoms with van der Waals surface area (Å²) in [5, 5.41) is 0. The minimum Gasteiger partial charge on any atom is -0.292 e. The molecule has 0 spiro atoms. The fourth-order valence-electron chi connectivity index (χ4n) is 0.425. The van der Waals surface area contributed by atoms with E-state index in [2.05, 4.69) is 16.9 Å². The molecule has 0 saturated carbocycles. The average molecular weight is 138 g/mol. The van der Waals surface area contributed by atoms with E-state index < -0.39 is 0 Å². The third-order valence-electron chi connectivity index (χ3n) is 0.846. The van der Waals surface area contributed by atoms with Gasteiger partial charge in [-0.15, -0.1) is 0 Å². The summed E-state index contributed by atoms with van der Waals surface area (Å²) in [4.78, 5) is 7.96. The molecule has 0 fully saturated rings. The molecule has 0 saturated heterocycles. The monoisotopic (exact) mass is 138 g/mol. The zero-order chi connectivity index (χ0) is 7.66. The van der Waals surface area contributed by atoms with Gasteiger partial charge in [0.25, 0.3) is 0 Å². The number of rotatable bonds is 4. The molecule has 0 aromatic carbocycles. The zero-order valence-electron chi connectivity index (χ0n) is 6.62. The van der Waals surface area contributed by atoms with Crippen LogP contribution in [0.5, 0.6) is 0 Å². The Bertz CT molecular complexity index is 134. The van der Waals surface area contributed by atoms with E-state index in [1.807, 2.05) is 13.0 Å². The van der Waals surface area contributed by atoms with Crippen molar-refractivity contribution < 1.29 is 0 Å². The smallest absolute Gasteiger partial charge is 0.0446 e. The molecule has 10 heavy (non-hydrogen) atoms. The highest BCUT2D eigenvalue weighted by Gasteiger charge is 1.68. The van der Waals surface area contributed by atoms with Gasteiger partial charge < -0.3 is 0 Å². The minimum atomic E-state index is 0.891. The van der Waals surface area contributed by atoms with Crippen LogP contribution in [0.4, 0.5) is 0 Å². The predicted octanol–water partition coefficient (Wildman–Crippen LogP) is 2.07. The van der Waals surface area contributed by atoms with Gasteiger partial charge in [0.05, 0.1) is 0 Å². The van der Waals surface area contributed by atoms with Crippen molar-refractivity contribution >= 4 is 12.4 Å². The lowest BCUT2D eigenvalue weighted by atomic mass is 10.5. The van der Waals surface area contributed by atoms with Gasteiger partial charge in [-0.3, -0.25) is 9.98 Å². The van der Waals surface area contributed by atoms with Gasteiger partial charge in [0.2, 0.25) is 0 Å². The summed E-state index contributed by atoms with van der Waals surface area (Å²) in [6, 6.07) is 0. The van der Waals surface area contributed by atoms with E-state index in [9.17, 15) is 0 Å². The Morgan fingerprint density at radius 3 is 2.70 bits per heavy atom. The molecule has 2 nitrogen and oxygen atoms in total. The lowest BCUT2D eigenvalue weighted by Crippen LogP contribution is -1.78. The highest BCUT2D eigenvalue weighted by Crippen LogP contribution is 1.74. The molecule has 56 valence electrons. The van der Waals surface area contributed by atoms with Gasteiger partial charge in [-0.2, -0.15) is 0 Å². The third kappa shape index (κ3) is 7.08. The molecule has 0 rings (SSSR count). The number of hydrogen-bond donors (Lipinski definition) is 0. The molecule has 0 aliphatic heterocycles. The summed E-state index contributed by atoms with van der Waals surface area (Å²) in [6.45, 7) is 4.92. The zero-order valence-corrected chi connectivity index (χ0v) is 6.62. The fraction of sp³-hybridized carbons (Fsp3) is 0.500. The quantitative estimate of drug-likeness (QED) is 0.531. The molecule has 0 unspecified atom stereocenters. The first-order valence-electron chi connectivity index (χ1n) is 3.54. The second kappa shape index (κ2) is 8.08. The van der Waals surface area contributed by atoms with Gasteiger partial charge in [0, 0.05) is 25.2 Å². The van der Waals surface area contributed by atoms with E-state index in [-0.39, 0.29) is 0 Å². The molecular weight excluding hydrogens is 124 g/mol. The molecule has 0 aliphatic rings. The number of aliphatic imine (C=N–C) groups is 2. The molecule has 2 heteroatoms. The van der Waals surface area contributed by atoms with Gasteiger partial charge in [-0.05, 0) is 13.3 Å². The topological polar surface area (TPSA) is 24.7 Å². The first-order valence-corrected chi connectivity index (χ1v) is 3.54. The van der Waals surface area contributed by atoms with Crippen LogP contribution in [0.2, 0.25) is 0 Å². The summed E-state index contributed by atoms with van der Waals surface area (Å²) >= 11 is 0. The molecule has 0 aromatic rings. The highest BCUT2D eigenvalue weighted by atomic mass is 14.7. The van der Waals surface area contributed by atoms with Crippen LogP contribution in [-0.2, 0) is 0 Å². The Morgan fingerprint density at radius 2 is 2.10 bits per heavy atom. The van der Waals surface area contributed by atoms with Gasteiger partial charge in [-0.1, -0.05) is 13.0 Å². The molecular formula is C8H14N2. The van der Waals surface area contributed by atoms with Crippen molar-refractivity contribution in [3.8, 4) is 0 Å². The number of hydrogen-bond acceptors (Lipinski definition) is 2. The van der Waals surface area contributed by atoms with Crippen LogP contribution in [0, 0.1) is 0 Å². The second-order valence-corrected chi connectivity index (χ2v) is 1.84. The largest absolute Gasteiger partial charge is 0.292 e. The van der Waals surface area contributed by atoms with E-state index in [4.69, 9.17) is 0 Å². The molecule has 0 aliphatic carbocycles. The first-order chi connectivity index (χ1) is 4.91. The molecule has 0 heterocycles. The van der Waals surface area contributed by atoms with Crippen molar-refractivity contribution in [1.82, 2.24) is 0 Å². The van der Waals surface area contributed by atoms with Crippen LogP contribution in [0.15, 0.2) is 22.3 Å². The third-order valence-corrected chi connectivity index (χ3v) is 0.846. The average Bonchev–Trinajstić information content (AvgIpc) is 1.97. The van der Waals surface area contributed by atoms with Crippen molar-refractivity contribution in [3.63, 3.8) is 0 Å². The van der Waals surface area contributed by atoms with Crippen molar-refractivity contribution in [2.24, 2.45) is 9.98 Å². The molecule has 0 amide bonds. The summed E-state index contributed by atoms with van der Waals surface area (Å²) in [5.74, 6) is 0. The standard InChI is InChI=1S/C8H14N2/c1-3-5-9-7-8-10-6-4-2/h3,5,7-8H,4,6H2,1-2H3/b5-3+,9-7?,10-8?. The fourth-order valence-corrected chi connectivity index (χ4v) is 0.425. The SMILES string of the molecule is C/C=C/N=CC=NCCC. The maximum absolute atomic E-state index is 4.05. The predicted molar refractivity (Wildman–Crippen MR) is 47.0 cm³/mol. The maximum atomic E-state index is 4.05. The summed E-state index contributed by atoms with van der Waals surface area (Å²) in [5.41, 5.74) is 0. The first kappa shape index (κ1) is 9.08.